The Hall–Kier alpha value is -3.59. The fraction of sp³-hybridized carbons (Fsp3) is 0.296. The van der Waals surface area contributed by atoms with Gasteiger partial charge in [-0.2, -0.15) is 0 Å². The first-order chi connectivity index (χ1) is 17.2. The smallest absolute Gasteiger partial charge is 0.262 e. The highest BCUT2D eigenvalue weighted by Gasteiger charge is 2.30. The van der Waals surface area contributed by atoms with Gasteiger partial charge in [0.1, 0.15) is 5.82 Å². The Labute approximate surface area is 209 Å². The van der Waals surface area contributed by atoms with Crippen LogP contribution in [0.1, 0.15) is 46.4 Å². The Kier molecular flexibility index (Phi) is 6.34. The zero-order valence-electron chi connectivity index (χ0n) is 20.1. The highest BCUT2D eigenvalue weighted by molar-refractivity contribution is 7.92. The summed E-state index contributed by atoms with van der Waals surface area (Å²) in [4.78, 5) is 15.0. The van der Waals surface area contributed by atoms with Gasteiger partial charge in [-0.25, -0.2) is 12.8 Å². The first-order valence-electron chi connectivity index (χ1n) is 11.9. The van der Waals surface area contributed by atoms with Gasteiger partial charge in [0.05, 0.1) is 24.2 Å². The van der Waals surface area contributed by atoms with Crippen molar-refractivity contribution < 1.29 is 27.1 Å². The van der Waals surface area contributed by atoms with Gasteiger partial charge in [-0.15, -0.1) is 0 Å². The van der Waals surface area contributed by atoms with Crippen molar-refractivity contribution in [3.63, 3.8) is 0 Å². The molecule has 0 saturated heterocycles. The lowest BCUT2D eigenvalue weighted by Gasteiger charge is -2.36. The van der Waals surface area contributed by atoms with Gasteiger partial charge >= 0.3 is 0 Å². The monoisotopic (exact) mass is 510 g/mol. The number of hydrogen-bond donors (Lipinski definition) is 1. The number of amides is 1. The molecule has 36 heavy (non-hydrogen) atoms. The summed E-state index contributed by atoms with van der Waals surface area (Å²) in [7, 11) is -3.98. The summed E-state index contributed by atoms with van der Waals surface area (Å²) in [5, 5.41) is 0. The quantitative estimate of drug-likeness (QED) is 0.542. The third-order valence-electron chi connectivity index (χ3n) is 6.70. The fourth-order valence-corrected chi connectivity index (χ4v) is 6.00. The highest BCUT2D eigenvalue weighted by Crippen LogP contribution is 2.39. The SMILES string of the molecule is Cc1c(F)cccc1S(=O)(=O)Nc1ccc(C(=O)N2CCc3cc4c(cc3[C@H]2C)OCCCO4)cc1. The Morgan fingerprint density at radius 2 is 1.75 bits per heavy atom. The number of halogens is 1. The maximum Gasteiger partial charge on any atom is 0.262 e. The average Bonchev–Trinajstić information content (AvgIpc) is 3.09. The molecule has 1 atom stereocenters. The van der Waals surface area contributed by atoms with Gasteiger partial charge in [0.15, 0.2) is 11.5 Å². The molecule has 5 rings (SSSR count). The van der Waals surface area contributed by atoms with Crippen LogP contribution in [-0.2, 0) is 16.4 Å². The normalized spacial score (nSPS) is 17.2. The van der Waals surface area contributed by atoms with Crippen LogP contribution in [0.15, 0.2) is 59.5 Å². The number of benzene rings is 3. The van der Waals surface area contributed by atoms with Crippen LogP contribution in [0.25, 0.3) is 0 Å². The minimum absolute atomic E-state index is 0.0463. The summed E-state index contributed by atoms with van der Waals surface area (Å²) in [5.74, 6) is 0.726. The second kappa shape index (κ2) is 9.46. The lowest BCUT2D eigenvalue weighted by molar-refractivity contribution is 0.0677. The van der Waals surface area contributed by atoms with Crippen LogP contribution in [0.5, 0.6) is 11.5 Å². The van der Waals surface area contributed by atoms with E-state index in [1.807, 2.05) is 24.0 Å². The number of fused-ring (bicyclic) bond motifs is 2. The van der Waals surface area contributed by atoms with Crippen molar-refractivity contribution in [2.75, 3.05) is 24.5 Å². The third kappa shape index (κ3) is 4.51. The Balaban J connectivity index is 1.33. The van der Waals surface area contributed by atoms with Gasteiger partial charge in [-0.3, -0.25) is 9.52 Å². The standard InChI is InChI=1S/C27H27FN2O5S/c1-17-23(28)5-3-6-26(17)36(32,33)29-21-9-7-19(8-10-21)27(31)30-12-11-20-15-24-25(16-22(20)18(30)2)35-14-4-13-34-24/h3,5-10,15-16,18,29H,4,11-14H2,1-2H3/t18-/m1/s1. The first-order valence-corrected chi connectivity index (χ1v) is 13.3. The summed E-state index contributed by atoms with van der Waals surface area (Å²) in [6, 6.07) is 14.0. The highest BCUT2D eigenvalue weighted by atomic mass is 32.2. The summed E-state index contributed by atoms with van der Waals surface area (Å²) in [6.45, 7) is 5.18. The van der Waals surface area contributed by atoms with Gasteiger partial charge in [-0.1, -0.05) is 6.07 Å². The van der Waals surface area contributed by atoms with Crippen molar-refractivity contribution in [2.24, 2.45) is 0 Å². The molecule has 1 amide bonds. The van der Waals surface area contributed by atoms with Gasteiger partial charge in [-0.05, 0) is 79.9 Å². The molecule has 0 aromatic heterocycles. The predicted octanol–water partition coefficient (Wildman–Crippen LogP) is 4.86. The number of sulfonamides is 1. The second-order valence-corrected chi connectivity index (χ2v) is 10.7. The molecule has 3 aromatic carbocycles. The van der Waals surface area contributed by atoms with E-state index < -0.39 is 15.8 Å². The van der Waals surface area contributed by atoms with E-state index in [1.54, 1.807) is 12.1 Å². The number of rotatable bonds is 4. The van der Waals surface area contributed by atoms with Crippen LogP contribution in [0.3, 0.4) is 0 Å². The fourth-order valence-electron chi connectivity index (χ4n) is 4.69. The Morgan fingerprint density at radius 1 is 1.06 bits per heavy atom. The van der Waals surface area contributed by atoms with E-state index in [1.165, 1.54) is 37.3 Å². The maximum atomic E-state index is 13.8. The van der Waals surface area contributed by atoms with Crippen molar-refractivity contribution >= 4 is 21.6 Å². The molecule has 2 aliphatic rings. The lowest BCUT2D eigenvalue weighted by atomic mass is 9.92. The van der Waals surface area contributed by atoms with E-state index >= 15 is 0 Å². The lowest BCUT2D eigenvalue weighted by Crippen LogP contribution is -2.38. The molecular weight excluding hydrogens is 483 g/mol. The summed E-state index contributed by atoms with van der Waals surface area (Å²) in [6.07, 6.45) is 1.53. The van der Waals surface area contributed by atoms with Crippen molar-refractivity contribution in [3.8, 4) is 11.5 Å². The molecule has 9 heteroatoms. The van der Waals surface area contributed by atoms with Crippen LogP contribution in [0.2, 0.25) is 0 Å². The van der Waals surface area contributed by atoms with Gasteiger partial charge < -0.3 is 14.4 Å². The molecule has 0 saturated carbocycles. The minimum Gasteiger partial charge on any atom is -0.490 e. The molecular formula is C27H27FN2O5S. The summed E-state index contributed by atoms with van der Waals surface area (Å²) < 4.78 is 53.5. The summed E-state index contributed by atoms with van der Waals surface area (Å²) in [5.41, 5.74) is 2.96. The topological polar surface area (TPSA) is 84.9 Å². The molecule has 0 fully saturated rings. The molecule has 2 aliphatic heterocycles. The molecule has 1 N–H and O–H groups in total. The second-order valence-electron chi connectivity index (χ2n) is 9.02. The third-order valence-corrected chi connectivity index (χ3v) is 8.23. The number of hydrogen-bond acceptors (Lipinski definition) is 5. The van der Waals surface area contributed by atoms with E-state index in [0.717, 1.165) is 23.3 Å². The maximum absolute atomic E-state index is 13.8. The number of ether oxygens (including phenoxy) is 2. The Bertz CT molecular complexity index is 1420. The van der Waals surface area contributed by atoms with Crippen LogP contribution in [0.4, 0.5) is 10.1 Å². The van der Waals surface area contributed by atoms with Crippen LogP contribution in [0, 0.1) is 12.7 Å². The average molecular weight is 511 g/mol. The molecule has 3 aromatic rings. The minimum atomic E-state index is -3.98. The van der Waals surface area contributed by atoms with Crippen molar-refractivity contribution in [3.05, 3.63) is 82.7 Å². The van der Waals surface area contributed by atoms with Crippen molar-refractivity contribution in [2.45, 2.75) is 37.6 Å². The number of nitrogens with zero attached hydrogens (tertiary/aromatic N) is 1. The zero-order valence-corrected chi connectivity index (χ0v) is 20.9. The van der Waals surface area contributed by atoms with Crippen LogP contribution in [-0.4, -0.2) is 39.0 Å². The van der Waals surface area contributed by atoms with E-state index in [4.69, 9.17) is 9.47 Å². The first kappa shape index (κ1) is 24.1. The molecule has 0 aliphatic carbocycles. The van der Waals surface area contributed by atoms with Gasteiger partial charge in [0, 0.05) is 29.8 Å². The van der Waals surface area contributed by atoms with Crippen molar-refractivity contribution in [1.29, 1.82) is 0 Å². The number of carbonyl (C=O) groups excluding carboxylic acids is 1. The predicted molar refractivity (Wildman–Crippen MR) is 134 cm³/mol. The number of anilines is 1. The zero-order chi connectivity index (χ0) is 25.4. The molecule has 0 radical (unpaired) electrons. The number of carbonyl (C=O) groups is 1. The molecule has 188 valence electrons. The van der Waals surface area contributed by atoms with E-state index in [9.17, 15) is 17.6 Å². The van der Waals surface area contributed by atoms with E-state index in [2.05, 4.69) is 4.72 Å². The molecule has 7 nitrogen and oxygen atoms in total. The van der Waals surface area contributed by atoms with Crippen molar-refractivity contribution in [1.82, 2.24) is 4.90 Å². The molecule has 0 unspecified atom stereocenters. The van der Waals surface area contributed by atoms with Gasteiger partial charge in [0.25, 0.3) is 15.9 Å². The largest absolute Gasteiger partial charge is 0.490 e. The van der Waals surface area contributed by atoms with Gasteiger partial charge in [0.2, 0.25) is 0 Å². The summed E-state index contributed by atoms with van der Waals surface area (Å²) >= 11 is 0. The van der Waals surface area contributed by atoms with E-state index in [-0.39, 0.29) is 28.1 Å². The van der Waals surface area contributed by atoms with Crippen LogP contribution < -0.4 is 14.2 Å². The molecule has 0 spiro atoms. The van der Waals surface area contributed by atoms with Crippen LogP contribution >= 0.6 is 0 Å². The Morgan fingerprint density at radius 3 is 2.47 bits per heavy atom. The molecule has 2 heterocycles. The molecule has 0 bridgehead atoms. The number of nitrogens with one attached hydrogen (secondary N) is 1. The van der Waals surface area contributed by atoms with E-state index in [0.29, 0.717) is 37.5 Å².